The van der Waals surface area contributed by atoms with E-state index in [1.165, 1.54) is 4.57 Å². The first-order valence-electron chi connectivity index (χ1n) is 5.57. The normalized spacial score (nSPS) is 12.8. The lowest BCUT2D eigenvalue weighted by Crippen LogP contribution is -2.27. The number of rotatable bonds is 4. The SMILES string of the molecule is CCC[C@@H](C(=O)O)n1c(=O)[nH]c2ccccc21. The Balaban J connectivity index is 2.63. The van der Waals surface area contributed by atoms with Crippen LogP contribution >= 0.6 is 0 Å². The van der Waals surface area contributed by atoms with E-state index in [0.29, 0.717) is 23.9 Å². The maximum Gasteiger partial charge on any atom is 0.327 e. The zero-order chi connectivity index (χ0) is 12.4. The number of benzene rings is 1. The number of nitrogens with zero attached hydrogens (tertiary/aromatic N) is 1. The van der Waals surface area contributed by atoms with Crippen LogP contribution in [0.1, 0.15) is 25.8 Å². The van der Waals surface area contributed by atoms with E-state index >= 15 is 0 Å². The summed E-state index contributed by atoms with van der Waals surface area (Å²) in [5.41, 5.74) is 0.935. The van der Waals surface area contributed by atoms with Gasteiger partial charge in [0.2, 0.25) is 0 Å². The average Bonchev–Trinajstić information content (AvgIpc) is 2.62. The van der Waals surface area contributed by atoms with Crippen LogP contribution in [0.15, 0.2) is 29.1 Å². The summed E-state index contributed by atoms with van der Waals surface area (Å²) in [6.45, 7) is 1.90. The third-order valence-corrected chi connectivity index (χ3v) is 2.78. The van der Waals surface area contributed by atoms with Crippen molar-refractivity contribution in [3.8, 4) is 0 Å². The highest BCUT2D eigenvalue weighted by molar-refractivity contribution is 5.79. The molecule has 0 aliphatic carbocycles. The van der Waals surface area contributed by atoms with E-state index in [1.54, 1.807) is 24.3 Å². The third kappa shape index (κ3) is 1.95. The second-order valence-electron chi connectivity index (χ2n) is 3.96. The number of imidazole rings is 1. The largest absolute Gasteiger partial charge is 0.480 e. The van der Waals surface area contributed by atoms with Crippen molar-refractivity contribution in [1.29, 1.82) is 0 Å². The van der Waals surface area contributed by atoms with Crippen LogP contribution in [0.25, 0.3) is 11.0 Å². The molecule has 0 unspecified atom stereocenters. The monoisotopic (exact) mass is 234 g/mol. The van der Waals surface area contributed by atoms with Crippen LogP contribution in [-0.4, -0.2) is 20.6 Å². The fourth-order valence-corrected chi connectivity index (χ4v) is 2.02. The third-order valence-electron chi connectivity index (χ3n) is 2.78. The van der Waals surface area contributed by atoms with E-state index in [0.717, 1.165) is 0 Å². The van der Waals surface area contributed by atoms with Gasteiger partial charge in [0.25, 0.3) is 0 Å². The number of aromatic nitrogens is 2. The van der Waals surface area contributed by atoms with Crippen LogP contribution in [0.4, 0.5) is 0 Å². The minimum Gasteiger partial charge on any atom is -0.480 e. The van der Waals surface area contributed by atoms with Crippen molar-refractivity contribution in [3.63, 3.8) is 0 Å². The number of carboxylic acids is 1. The van der Waals surface area contributed by atoms with Gasteiger partial charge in [-0.15, -0.1) is 0 Å². The van der Waals surface area contributed by atoms with Crippen molar-refractivity contribution >= 4 is 17.0 Å². The number of nitrogens with one attached hydrogen (secondary N) is 1. The minimum atomic E-state index is -0.973. The van der Waals surface area contributed by atoms with E-state index < -0.39 is 12.0 Å². The molecule has 0 aliphatic heterocycles. The number of carboxylic acid groups (broad SMARTS) is 1. The Kier molecular flexibility index (Phi) is 2.99. The molecule has 1 aromatic heterocycles. The fourth-order valence-electron chi connectivity index (χ4n) is 2.02. The number of para-hydroxylation sites is 2. The van der Waals surface area contributed by atoms with Crippen LogP contribution in [0.5, 0.6) is 0 Å². The summed E-state index contributed by atoms with van der Waals surface area (Å²) < 4.78 is 1.32. The number of hydrogen-bond donors (Lipinski definition) is 2. The molecular formula is C12H14N2O3. The van der Waals surface area contributed by atoms with E-state index in [9.17, 15) is 14.7 Å². The van der Waals surface area contributed by atoms with Crippen LogP contribution < -0.4 is 5.69 Å². The molecule has 0 amide bonds. The molecule has 1 aromatic carbocycles. The zero-order valence-electron chi connectivity index (χ0n) is 9.51. The molecule has 2 N–H and O–H groups in total. The van der Waals surface area contributed by atoms with Gasteiger partial charge < -0.3 is 10.1 Å². The average molecular weight is 234 g/mol. The predicted molar refractivity (Wildman–Crippen MR) is 64.1 cm³/mol. The van der Waals surface area contributed by atoms with E-state index in [4.69, 9.17) is 0 Å². The number of hydrogen-bond acceptors (Lipinski definition) is 2. The van der Waals surface area contributed by atoms with E-state index in [-0.39, 0.29) is 5.69 Å². The van der Waals surface area contributed by atoms with Crippen LogP contribution in [0, 0.1) is 0 Å². The number of fused-ring (bicyclic) bond motifs is 1. The first-order valence-corrected chi connectivity index (χ1v) is 5.57. The van der Waals surface area contributed by atoms with Crippen molar-refractivity contribution in [2.75, 3.05) is 0 Å². The molecule has 0 bridgehead atoms. The molecule has 0 radical (unpaired) electrons. The summed E-state index contributed by atoms with van der Waals surface area (Å²) in [6, 6.07) is 6.30. The van der Waals surface area contributed by atoms with Crippen LogP contribution in [0.3, 0.4) is 0 Å². The lowest BCUT2D eigenvalue weighted by molar-refractivity contribution is -0.141. The minimum absolute atomic E-state index is 0.368. The molecule has 1 atom stereocenters. The van der Waals surface area contributed by atoms with Crippen LogP contribution in [-0.2, 0) is 4.79 Å². The Morgan fingerprint density at radius 1 is 1.47 bits per heavy atom. The van der Waals surface area contributed by atoms with Gasteiger partial charge in [0.1, 0.15) is 6.04 Å². The maximum absolute atomic E-state index is 11.8. The molecule has 2 aromatic rings. The van der Waals surface area contributed by atoms with Crippen molar-refractivity contribution in [2.24, 2.45) is 0 Å². The molecule has 1 heterocycles. The highest BCUT2D eigenvalue weighted by Gasteiger charge is 2.22. The van der Waals surface area contributed by atoms with Crippen molar-refractivity contribution in [2.45, 2.75) is 25.8 Å². The second kappa shape index (κ2) is 4.45. The smallest absolute Gasteiger partial charge is 0.327 e. The standard InChI is InChI=1S/C12H14N2O3/c1-2-5-10(11(15)16)14-9-7-4-3-6-8(9)13-12(14)17/h3-4,6-7,10H,2,5H2,1H3,(H,13,17)(H,15,16)/t10-/m0/s1. The topological polar surface area (TPSA) is 75.1 Å². The Labute approximate surface area is 97.7 Å². The van der Waals surface area contributed by atoms with Gasteiger partial charge >= 0.3 is 11.7 Å². The van der Waals surface area contributed by atoms with Gasteiger partial charge in [-0.3, -0.25) is 4.57 Å². The number of aliphatic carboxylic acids is 1. The van der Waals surface area contributed by atoms with Crippen molar-refractivity contribution in [1.82, 2.24) is 9.55 Å². The van der Waals surface area contributed by atoms with Crippen molar-refractivity contribution < 1.29 is 9.90 Å². The van der Waals surface area contributed by atoms with Gasteiger partial charge in [0.05, 0.1) is 11.0 Å². The van der Waals surface area contributed by atoms with Gasteiger partial charge in [-0.05, 0) is 18.6 Å². The molecule has 90 valence electrons. The van der Waals surface area contributed by atoms with Crippen molar-refractivity contribution in [3.05, 3.63) is 34.7 Å². The molecule has 0 fully saturated rings. The Morgan fingerprint density at radius 3 is 2.82 bits per heavy atom. The number of aromatic amines is 1. The zero-order valence-corrected chi connectivity index (χ0v) is 9.51. The van der Waals surface area contributed by atoms with Gasteiger partial charge in [-0.25, -0.2) is 9.59 Å². The van der Waals surface area contributed by atoms with E-state index in [2.05, 4.69) is 4.98 Å². The first kappa shape index (κ1) is 11.4. The molecule has 5 nitrogen and oxygen atoms in total. The lowest BCUT2D eigenvalue weighted by Gasteiger charge is -2.12. The van der Waals surface area contributed by atoms with Gasteiger partial charge in [0, 0.05) is 0 Å². The fraction of sp³-hybridized carbons (Fsp3) is 0.333. The summed E-state index contributed by atoms with van der Waals surface area (Å²) in [7, 11) is 0. The second-order valence-corrected chi connectivity index (χ2v) is 3.96. The number of H-pyrrole nitrogens is 1. The van der Waals surface area contributed by atoms with Crippen LogP contribution in [0.2, 0.25) is 0 Å². The summed E-state index contributed by atoms with van der Waals surface area (Å²) >= 11 is 0. The summed E-state index contributed by atoms with van der Waals surface area (Å²) in [5, 5.41) is 9.19. The summed E-state index contributed by atoms with van der Waals surface area (Å²) in [6.07, 6.45) is 1.15. The summed E-state index contributed by atoms with van der Waals surface area (Å²) in [5.74, 6) is -0.973. The molecular weight excluding hydrogens is 220 g/mol. The lowest BCUT2D eigenvalue weighted by atomic mass is 10.1. The predicted octanol–water partition coefficient (Wildman–Crippen LogP) is 1.76. The molecule has 17 heavy (non-hydrogen) atoms. The Bertz CT molecular complexity index is 597. The first-order chi connectivity index (χ1) is 8.15. The highest BCUT2D eigenvalue weighted by atomic mass is 16.4. The Morgan fingerprint density at radius 2 is 2.18 bits per heavy atom. The molecule has 0 saturated heterocycles. The van der Waals surface area contributed by atoms with Gasteiger partial charge in [0.15, 0.2) is 0 Å². The Hall–Kier alpha value is -2.04. The molecule has 2 rings (SSSR count). The van der Waals surface area contributed by atoms with E-state index in [1.807, 2.05) is 6.92 Å². The highest BCUT2D eigenvalue weighted by Crippen LogP contribution is 2.18. The quantitative estimate of drug-likeness (QED) is 0.846. The summed E-state index contributed by atoms with van der Waals surface area (Å²) in [4.78, 5) is 25.7. The van der Waals surface area contributed by atoms with Gasteiger partial charge in [-0.2, -0.15) is 0 Å². The maximum atomic E-state index is 11.8. The molecule has 0 saturated carbocycles. The van der Waals surface area contributed by atoms with Gasteiger partial charge in [-0.1, -0.05) is 25.5 Å². The molecule has 0 aliphatic rings. The molecule has 0 spiro atoms. The number of carbonyl (C=O) groups is 1. The molecule has 5 heteroatoms.